The van der Waals surface area contributed by atoms with Gasteiger partial charge in [0.25, 0.3) is 0 Å². The van der Waals surface area contributed by atoms with Crippen LogP contribution in [-0.4, -0.2) is 46.1 Å². The molecule has 2 aromatic rings. The quantitative estimate of drug-likeness (QED) is 0.832. The molecule has 0 radical (unpaired) electrons. The average molecular weight is 376 g/mol. The lowest BCUT2D eigenvalue weighted by atomic mass is 9.95. The molecule has 0 aliphatic carbocycles. The van der Waals surface area contributed by atoms with Gasteiger partial charge in [0.1, 0.15) is 17.0 Å². The van der Waals surface area contributed by atoms with Gasteiger partial charge in [0.2, 0.25) is 5.91 Å². The van der Waals surface area contributed by atoms with Gasteiger partial charge in [-0.25, -0.2) is 9.97 Å². The van der Waals surface area contributed by atoms with E-state index in [2.05, 4.69) is 34.0 Å². The molecule has 1 fully saturated rings. The highest BCUT2D eigenvalue weighted by atomic mass is 32.1. The third kappa shape index (κ3) is 3.80. The Morgan fingerprint density at radius 3 is 2.69 bits per heavy atom. The average Bonchev–Trinajstić information content (AvgIpc) is 2.89. The third-order valence-electron chi connectivity index (χ3n) is 4.98. The molecule has 1 amide bonds. The van der Waals surface area contributed by atoms with Crippen molar-refractivity contribution in [1.29, 1.82) is 0 Å². The summed E-state index contributed by atoms with van der Waals surface area (Å²) >= 11 is 1.68. The molecule has 2 N–H and O–H groups in total. The Morgan fingerprint density at radius 2 is 2.04 bits per heavy atom. The van der Waals surface area contributed by atoms with Crippen molar-refractivity contribution in [3.05, 3.63) is 16.8 Å². The van der Waals surface area contributed by atoms with E-state index < -0.39 is 5.97 Å². The second-order valence-corrected chi connectivity index (χ2v) is 8.13. The molecule has 3 rings (SSSR count). The van der Waals surface area contributed by atoms with Gasteiger partial charge in [0.15, 0.2) is 0 Å². The van der Waals surface area contributed by atoms with Crippen LogP contribution in [-0.2, 0) is 9.59 Å². The van der Waals surface area contributed by atoms with E-state index >= 15 is 0 Å². The number of nitrogens with one attached hydrogen (secondary N) is 1. The maximum Gasteiger partial charge on any atom is 0.305 e. The standard InChI is InChI=1S/C18H24N4O3S/c1-10(8-14(23)24)21-17(25)13-4-6-22(7-5-13)16-15-11(2)12(3)26-18(15)20-9-19-16/h9-10,13H,4-8H2,1-3H3,(H,21,25)(H,23,24). The maximum atomic E-state index is 12.4. The molecule has 0 saturated carbocycles. The van der Waals surface area contributed by atoms with E-state index in [9.17, 15) is 9.59 Å². The molecule has 3 heterocycles. The number of aromatic nitrogens is 2. The van der Waals surface area contributed by atoms with E-state index in [0.717, 1.165) is 42.0 Å². The molecule has 0 aromatic carbocycles. The monoisotopic (exact) mass is 376 g/mol. The first kappa shape index (κ1) is 18.6. The van der Waals surface area contributed by atoms with E-state index in [1.165, 1.54) is 10.4 Å². The maximum absolute atomic E-state index is 12.4. The second kappa shape index (κ2) is 7.57. The summed E-state index contributed by atoms with van der Waals surface area (Å²) in [7, 11) is 0. The van der Waals surface area contributed by atoms with Crippen LogP contribution in [0, 0.1) is 19.8 Å². The fraction of sp³-hybridized carbons (Fsp3) is 0.556. The van der Waals surface area contributed by atoms with Crippen LogP contribution in [0.25, 0.3) is 10.2 Å². The van der Waals surface area contributed by atoms with Crippen LogP contribution >= 0.6 is 11.3 Å². The molecular weight excluding hydrogens is 352 g/mol. The number of amides is 1. The van der Waals surface area contributed by atoms with Crippen LogP contribution in [0.5, 0.6) is 0 Å². The summed E-state index contributed by atoms with van der Waals surface area (Å²) in [6.45, 7) is 7.43. The lowest BCUT2D eigenvalue weighted by Gasteiger charge is -2.33. The Kier molecular flexibility index (Phi) is 5.41. The molecule has 1 atom stereocenters. The van der Waals surface area contributed by atoms with Crippen molar-refractivity contribution >= 4 is 39.2 Å². The number of nitrogens with zero attached hydrogens (tertiary/aromatic N) is 3. The molecule has 0 bridgehead atoms. The highest BCUT2D eigenvalue weighted by molar-refractivity contribution is 7.18. The van der Waals surface area contributed by atoms with Crippen LogP contribution in [0.1, 0.15) is 36.6 Å². The van der Waals surface area contributed by atoms with E-state index in [1.54, 1.807) is 24.6 Å². The van der Waals surface area contributed by atoms with Crippen molar-refractivity contribution < 1.29 is 14.7 Å². The van der Waals surface area contributed by atoms with Crippen LogP contribution in [0.4, 0.5) is 5.82 Å². The summed E-state index contributed by atoms with van der Waals surface area (Å²) < 4.78 is 0. The Hall–Kier alpha value is -2.22. The van der Waals surface area contributed by atoms with Crippen molar-refractivity contribution in [1.82, 2.24) is 15.3 Å². The number of rotatable bonds is 5. The number of carboxylic acids is 1. The van der Waals surface area contributed by atoms with Gasteiger partial charge in [0.05, 0.1) is 11.8 Å². The second-order valence-electron chi connectivity index (χ2n) is 6.93. The summed E-state index contributed by atoms with van der Waals surface area (Å²) in [5.74, 6) is -0.0734. The van der Waals surface area contributed by atoms with Crippen molar-refractivity contribution in [3.63, 3.8) is 0 Å². The van der Waals surface area contributed by atoms with Crippen LogP contribution in [0.15, 0.2) is 6.33 Å². The summed E-state index contributed by atoms with van der Waals surface area (Å²) in [4.78, 5) is 36.5. The first-order valence-corrected chi connectivity index (χ1v) is 9.66. The SMILES string of the molecule is Cc1sc2ncnc(N3CCC(C(=O)NC(C)CC(=O)O)CC3)c2c1C. The van der Waals surface area contributed by atoms with Crippen LogP contribution < -0.4 is 10.2 Å². The molecule has 2 aromatic heterocycles. The first-order chi connectivity index (χ1) is 12.4. The number of piperidine rings is 1. The minimum Gasteiger partial charge on any atom is -0.481 e. The number of hydrogen-bond donors (Lipinski definition) is 2. The van der Waals surface area contributed by atoms with Crippen molar-refractivity contribution in [2.75, 3.05) is 18.0 Å². The summed E-state index contributed by atoms with van der Waals surface area (Å²) in [5, 5.41) is 12.7. The number of aliphatic carboxylic acids is 1. The minimum atomic E-state index is -0.901. The number of carboxylic acid groups (broad SMARTS) is 1. The lowest BCUT2D eigenvalue weighted by molar-refractivity contribution is -0.137. The highest BCUT2D eigenvalue weighted by Gasteiger charge is 2.28. The van der Waals surface area contributed by atoms with Crippen LogP contribution in [0.3, 0.4) is 0 Å². The largest absolute Gasteiger partial charge is 0.481 e. The van der Waals surface area contributed by atoms with Crippen molar-refractivity contribution in [3.8, 4) is 0 Å². The number of aryl methyl sites for hydroxylation is 2. The van der Waals surface area contributed by atoms with E-state index in [-0.39, 0.29) is 24.3 Å². The van der Waals surface area contributed by atoms with Crippen molar-refractivity contribution in [2.24, 2.45) is 5.92 Å². The fourth-order valence-electron chi connectivity index (χ4n) is 3.43. The van der Waals surface area contributed by atoms with Crippen molar-refractivity contribution in [2.45, 2.75) is 46.1 Å². The van der Waals surface area contributed by atoms with E-state index in [4.69, 9.17) is 5.11 Å². The third-order valence-corrected chi connectivity index (χ3v) is 6.10. The Bertz CT molecular complexity index is 827. The Balaban J connectivity index is 1.66. The molecule has 1 aliphatic rings. The minimum absolute atomic E-state index is 0.0474. The number of carbonyl (C=O) groups is 2. The molecule has 140 valence electrons. The van der Waals surface area contributed by atoms with Gasteiger partial charge in [-0.3, -0.25) is 9.59 Å². The van der Waals surface area contributed by atoms with E-state index in [0.29, 0.717) is 0 Å². The van der Waals surface area contributed by atoms with Gasteiger partial charge in [-0.05, 0) is 39.2 Å². The van der Waals surface area contributed by atoms with Crippen LogP contribution in [0.2, 0.25) is 0 Å². The zero-order valence-electron chi connectivity index (χ0n) is 15.3. The smallest absolute Gasteiger partial charge is 0.305 e. The number of fused-ring (bicyclic) bond motifs is 1. The number of hydrogen-bond acceptors (Lipinski definition) is 6. The summed E-state index contributed by atoms with van der Waals surface area (Å²) in [6.07, 6.45) is 3.03. The molecule has 26 heavy (non-hydrogen) atoms. The molecule has 1 saturated heterocycles. The number of carbonyl (C=O) groups excluding carboxylic acids is 1. The lowest BCUT2D eigenvalue weighted by Crippen LogP contribution is -2.43. The molecule has 7 nitrogen and oxygen atoms in total. The highest BCUT2D eigenvalue weighted by Crippen LogP contribution is 2.35. The van der Waals surface area contributed by atoms with Gasteiger partial charge in [-0.15, -0.1) is 11.3 Å². The van der Waals surface area contributed by atoms with E-state index in [1.807, 2.05) is 0 Å². The summed E-state index contributed by atoms with van der Waals surface area (Å²) in [5.41, 5.74) is 1.22. The predicted molar refractivity (Wildman–Crippen MR) is 102 cm³/mol. The van der Waals surface area contributed by atoms with Gasteiger partial charge in [-0.2, -0.15) is 0 Å². The summed E-state index contributed by atoms with van der Waals surface area (Å²) in [6, 6.07) is -0.351. The predicted octanol–water partition coefficient (Wildman–Crippen LogP) is 2.50. The van der Waals surface area contributed by atoms with Gasteiger partial charge in [0, 0.05) is 29.9 Å². The fourth-order valence-corrected chi connectivity index (χ4v) is 4.42. The topological polar surface area (TPSA) is 95.4 Å². The van der Waals surface area contributed by atoms with Gasteiger partial charge < -0.3 is 15.3 Å². The Labute approximate surface area is 156 Å². The number of thiophene rings is 1. The first-order valence-electron chi connectivity index (χ1n) is 8.84. The molecule has 8 heteroatoms. The zero-order valence-corrected chi connectivity index (χ0v) is 16.1. The Morgan fingerprint density at radius 1 is 1.35 bits per heavy atom. The molecule has 0 spiro atoms. The zero-order chi connectivity index (χ0) is 18.8. The molecule has 1 unspecified atom stereocenters. The number of anilines is 1. The molecular formula is C18H24N4O3S. The normalized spacial score (nSPS) is 16.7. The van der Waals surface area contributed by atoms with Gasteiger partial charge >= 0.3 is 5.97 Å². The van der Waals surface area contributed by atoms with Gasteiger partial charge in [-0.1, -0.05) is 0 Å². The molecule has 1 aliphatic heterocycles.